The number of para-hydroxylation sites is 2. The van der Waals surface area contributed by atoms with Crippen molar-refractivity contribution in [3.8, 4) is 11.5 Å². The third-order valence-electron chi connectivity index (χ3n) is 5.70. The van der Waals surface area contributed by atoms with Gasteiger partial charge in [-0.1, -0.05) is 39.0 Å². The van der Waals surface area contributed by atoms with Gasteiger partial charge in [0.25, 0.3) is 0 Å². The molecule has 5 heteroatoms. The van der Waals surface area contributed by atoms with E-state index in [-0.39, 0.29) is 17.2 Å². The second-order valence-electron chi connectivity index (χ2n) is 8.84. The first kappa shape index (κ1) is 20.3. The maximum atomic E-state index is 13.3. The van der Waals surface area contributed by atoms with Gasteiger partial charge in [-0.2, -0.15) is 0 Å². The Morgan fingerprint density at radius 2 is 1.83 bits per heavy atom. The first-order valence-corrected chi connectivity index (χ1v) is 10.6. The molecule has 0 saturated heterocycles. The number of methoxy groups -OCH3 is 1. The Hall–Kier alpha value is -2.95. The minimum Gasteiger partial charge on any atom is -0.493 e. The predicted octanol–water partition coefficient (Wildman–Crippen LogP) is 5.71. The number of hydrogen-bond acceptors (Lipinski definition) is 5. The van der Waals surface area contributed by atoms with E-state index in [1.54, 1.807) is 7.11 Å². The van der Waals surface area contributed by atoms with Gasteiger partial charge in [0, 0.05) is 17.7 Å². The fraction of sp³-hybridized carbons (Fsp3) is 0.400. The average Bonchev–Trinajstić information content (AvgIpc) is 2.87. The molecule has 0 unspecified atom stereocenters. The number of fused-ring (bicyclic) bond motifs is 1. The van der Waals surface area contributed by atoms with E-state index in [1.165, 1.54) is 0 Å². The number of Topliss-reactive ketones (excluding diaryl/α,β-unsaturated/α-hetero) is 1. The van der Waals surface area contributed by atoms with Crippen molar-refractivity contribution in [3.05, 3.63) is 59.3 Å². The van der Waals surface area contributed by atoms with E-state index in [0.717, 1.165) is 46.8 Å². The Morgan fingerprint density at radius 1 is 1.07 bits per heavy atom. The number of ketones is 1. The normalized spacial score (nSPS) is 19.7. The second kappa shape index (κ2) is 8.05. The summed E-state index contributed by atoms with van der Waals surface area (Å²) in [5, 5.41) is 7.16. The van der Waals surface area contributed by atoms with Crippen LogP contribution in [0.5, 0.6) is 11.5 Å². The number of hydrogen-bond donors (Lipinski definition) is 2. The van der Waals surface area contributed by atoms with Gasteiger partial charge in [-0.05, 0) is 48.1 Å². The lowest BCUT2D eigenvalue weighted by Crippen LogP contribution is -2.31. The van der Waals surface area contributed by atoms with Gasteiger partial charge in [0.05, 0.1) is 31.1 Å². The molecule has 2 N–H and O–H groups in total. The van der Waals surface area contributed by atoms with Crippen LogP contribution in [-0.2, 0) is 4.79 Å². The molecule has 1 aliphatic heterocycles. The quantitative estimate of drug-likeness (QED) is 0.666. The van der Waals surface area contributed by atoms with Gasteiger partial charge in [-0.25, -0.2) is 0 Å². The molecule has 1 aliphatic carbocycles. The van der Waals surface area contributed by atoms with Crippen molar-refractivity contribution in [1.82, 2.24) is 0 Å². The minimum atomic E-state index is -0.256. The highest BCUT2D eigenvalue weighted by Gasteiger charge is 2.38. The topological polar surface area (TPSA) is 59.6 Å². The Bertz CT molecular complexity index is 994. The molecular weight excluding hydrogens is 376 g/mol. The molecule has 158 valence electrons. The molecule has 0 aromatic heterocycles. The van der Waals surface area contributed by atoms with E-state index < -0.39 is 0 Å². The summed E-state index contributed by atoms with van der Waals surface area (Å²) in [6.07, 6.45) is 2.30. The van der Waals surface area contributed by atoms with Gasteiger partial charge in [0.2, 0.25) is 0 Å². The fourth-order valence-electron chi connectivity index (χ4n) is 4.33. The molecule has 0 radical (unpaired) electrons. The summed E-state index contributed by atoms with van der Waals surface area (Å²) in [5.74, 6) is 1.59. The molecule has 0 fully saturated rings. The molecule has 2 aromatic rings. The first-order valence-electron chi connectivity index (χ1n) is 10.6. The molecule has 5 nitrogen and oxygen atoms in total. The average molecular weight is 407 g/mol. The summed E-state index contributed by atoms with van der Waals surface area (Å²) < 4.78 is 11.4. The largest absolute Gasteiger partial charge is 0.493 e. The summed E-state index contributed by atoms with van der Waals surface area (Å²) in [6, 6.07) is 13.8. The van der Waals surface area contributed by atoms with Crippen LogP contribution >= 0.6 is 0 Å². The van der Waals surface area contributed by atoms with Gasteiger partial charge in [-0.3, -0.25) is 4.79 Å². The molecule has 0 bridgehead atoms. The number of nitrogens with one attached hydrogen (secondary N) is 2. The van der Waals surface area contributed by atoms with Crippen LogP contribution in [0.15, 0.2) is 53.7 Å². The first-order chi connectivity index (χ1) is 14.4. The van der Waals surface area contributed by atoms with Crippen LogP contribution < -0.4 is 20.1 Å². The summed E-state index contributed by atoms with van der Waals surface area (Å²) in [5.41, 5.74) is 4.71. The SMILES string of the molecule is CCCOc1ccc([C@H]2Nc3ccccc3NC3=C2C(=O)CC(C)(C)C3)cc1OC. The Kier molecular flexibility index (Phi) is 5.46. The summed E-state index contributed by atoms with van der Waals surface area (Å²) >= 11 is 0. The molecule has 30 heavy (non-hydrogen) atoms. The third-order valence-corrected chi connectivity index (χ3v) is 5.70. The Labute approximate surface area is 178 Å². The van der Waals surface area contributed by atoms with Crippen molar-refractivity contribution in [2.75, 3.05) is 24.4 Å². The number of anilines is 2. The zero-order valence-electron chi connectivity index (χ0n) is 18.2. The maximum absolute atomic E-state index is 13.3. The summed E-state index contributed by atoms with van der Waals surface area (Å²) in [6.45, 7) is 7.01. The van der Waals surface area contributed by atoms with E-state index in [0.29, 0.717) is 18.8 Å². The van der Waals surface area contributed by atoms with E-state index in [9.17, 15) is 4.79 Å². The van der Waals surface area contributed by atoms with Gasteiger partial charge < -0.3 is 20.1 Å². The van der Waals surface area contributed by atoms with Crippen LogP contribution in [0.3, 0.4) is 0 Å². The Morgan fingerprint density at radius 3 is 2.57 bits per heavy atom. The zero-order valence-corrected chi connectivity index (χ0v) is 18.2. The number of allylic oxidation sites excluding steroid dienone is 1. The van der Waals surface area contributed by atoms with Crippen molar-refractivity contribution < 1.29 is 14.3 Å². The van der Waals surface area contributed by atoms with Crippen LogP contribution in [0, 0.1) is 5.41 Å². The van der Waals surface area contributed by atoms with Crippen LogP contribution in [0.4, 0.5) is 11.4 Å². The highest BCUT2D eigenvalue weighted by Crippen LogP contribution is 2.46. The fourth-order valence-corrected chi connectivity index (χ4v) is 4.33. The predicted molar refractivity (Wildman–Crippen MR) is 120 cm³/mol. The van der Waals surface area contributed by atoms with Crippen molar-refractivity contribution >= 4 is 17.2 Å². The van der Waals surface area contributed by atoms with E-state index in [2.05, 4.69) is 31.4 Å². The lowest BCUT2D eigenvalue weighted by molar-refractivity contribution is -0.118. The highest BCUT2D eigenvalue weighted by atomic mass is 16.5. The third kappa shape index (κ3) is 3.89. The molecule has 2 aromatic carbocycles. The molecule has 0 spiro atoms. The van der Waals surface area contributed by atoms with Crippen molar-refractivity contribution in [2.24, 2.45) is 5.41 Å². The smallest absolute Gasteiger partial charge is 0.163 e. The van der Waals surface area contributed by atoms with E-state index in [4.69, 9.17) is 9.47 Å². The van der Waals surface area contributed by atoms with Crippen LogP contribution in [0.2, 0.25) is 0 Å². The van der Waals surface area contributed by atoms with E-state index >= 15 is 0 Å². The Balaban J connectivity index is 1.81. The molecule has 2 aliphatic rings. The highest BCUT2D eigenvalue weighted by molar-refractivity contribution is 6.01. The van der Waals surface area contributed by atoms with Crippen molar-refractivity contribution in [1.29, 1.82) is 0 Å². The standard InChI is InChI=1S/C25H30N2O3/c1-5-12-30-21-11-10-16(13-22(21)29-4)24-23-19(14-25(2,3)15-20(23)28)26-17-8-6-7-9-18(17)27-24/h6-11,13,24,26-27H,5,12,14-15H2,1-4H3/t24-/m1/s1. The molecule has 1 atom stereocenters. The molecule has 0 amide bonds. The van der Waals surface area contributed by atoms with Crippen molar-refractivity contribution in [2.45, 2.75) is 46.1 Å². The molecular formula is C25H30N2O3. The van der Waals surface area contributed by atoms with Gasteiger partial charge in [-0.15, -0.1) is 0 Å². The summed E-state index contributed by atoms with van der Waals surface area (Å²) in [4.78, 5) is 13.3. The van der Waals surface area contributed by atoms with E-state index in [1.807, 2.05) is 42.5 Å². The van der Waals surface area contributed by atoms with Gasteiger partial charge in [0.1, 0.15) is 0 Å². The van der Waals surface area contributed by atoms with Crippen LogP contribution in [-0.4, -0.2) is 19.5 Å². The number of carbonyl (C=O) groups is 1. The monoisotopic (exact) mass is 406 g/mol. The van der Waals surface area contributed by atoms with Gasteiger partial charge in [0.15, 0.2) is 17.3 Å². The minimum absolute atomic E-state index is 0.0672. The van der Waals surface area contributed by atoms with Crippen LogP contribution in [0.1, 0.15) is 51.6 Å². The number of benzene rings is 2. The molecule has 1 heterocycles. The molecule has 0 saturated carbocycles. The molecule has 4 rings (SSSR count). The second-order valence-corrected chi connectivity index (χ2v) is 8.84. The number of rotatable bonds is 5. The maximum Gasteiger partial charge on any atom is 0.163 e. The van der Waals surface area contributed by atoms with Crippen LogP contribution in [0.25, 0.3) is 0 Å². The summed E-state index contributed by atoms with van der Waals surface area (Å²) in [7, 11) is 1.65. The number of carbonyl (C=O) groups excluding carboxylic acids is 1. The number of ether oxygens (including phenoxy) is 2. The van der Waals surface area contributed by atoms with Gasteiger partial charge >= 0.3 is 0 Å². The lowest BCUT2D eigenvalue weighted by atomic mass is 9.73. The lowest BCUT2D eigenvalue weighted by Gasteiger charge is -2.34. The zero-order chi connectivity index (χ0) is 21.3. The van der Waals surface area contributed by atoms with Crippen molar-refractivity contribution in [3.63, 3.8) is 0 Å².